The second-order valence-corrected chi connectivity index (χ2v) is 3.26. The largest absolute Gasteiger partial charge is 0.375 e. The van der Waals surface area contributed by atoms with Gasteiger partial charge in [0.05, 0.1) is 17.3 Å². The zero-order valence-electron chi connectivity index (χ0n) is 7.55. The number of nitrogens with zero attached hydrogens (tertiary/aromatic N) is 3. The van der Waals surface area contributed by atoms with Crippen molar-refractivity contribution in [2.75, 3.05) is 5.73 Å². The molecule has 0 radical (unpaired) electrons. The molecule has 0 aliphatic carbocycles. The Morgan fingerprint density at radius 1 is 1.21 bits per heavy atom. The van der Waals surface area contributed by atoms with Crippen LogP contribution in [-0.2, 0) is 0 Å². The van der Waals surface area contributed by atoms with Gasteiger partial charge in [0.1, 0.15) is 0 Å². The Morgan fingerprint density at radius 2 is 2.00 bits per heavy atom. The van der Waals surface area contributed by atoms with E-state index in [1.807, 2.05) is 6.07 Å². The normalized spacial score (nSPS) is 8.86. The van der Waals surface area contributed by atoms with E-state index >= 15 is 0 Å². The molecule has 0 unspecified atom stereocenters. The number of nitrogens with two attached hydrogens (primary N) is 1. The first-order valence-corrected chi connectivity index (χ1v) is 4.66. The van der Waals surface area contributed by atoms with Gasteiger partial charge in [0.15, 0.2) is 5.13 Å². The highest BCUT2D eigenvalue weighted by Crippen LogP contribution is 2.25. The summed E-state index contributed by atoms with van der Waals surface area (Å²) in [5.41, 5.74) is 6.49. The third-order valence-corrected chi connectivity index (χ3v) is 2.27. The first kappa shape index (κ1) is 10.3. The molecule has 0 fully saturated rings. The molecule has 2 N–H and O–H groups in total. The number of hydrogen-bond acceptors (Lipinski definition) is 5. The molecule has 0 aliphatic heterocycles. The van der Waals surface area contributed by atoms with Gasteiger partial charge in [-0.15, -0.1) is 13.2 Å². The third kappa shape index (κ3) is 2.37. The van der Waals surface area contributed by atoms with Crippen molar-refractivity contribution in [2.24, 2.45) is 0 Å². The van der Waals surface area contributed by atoms with E-state index in [0.29, 0.717) is 5.13 Å². The van der Waals surface area contributed by atoms with Crippen LogP contribution in [0, 0.1) is 0 Å². The van der Waals surface area contributed by atoms with Gasteiger partial charge in [-0.1, -0.05) is 11.3 Å². The molecule has 0 aliphatic rings. The van der Waals surface area contributed by atoms with E-state index in [0.717, 1.165) is 10.4 Å². The molecular weight excluding hydrogens is 196 g/mol. The highest BCUT2D eigenvalue weighted by atomic mass is 32.1. The first-order chi connectivity index (χ1) is 6.86. The van der Waals surface area contributed by atoms with E-state index in [1.54, 1.807) is 18.6 Å². The Balaban J connectivity index is 0.000000461. The van der Waals surface area contributed by atoms with E-state index in [1.165, 1.54) is 11.3 Å². The minimum atomic E-state index is 0.571. The van der Waals surface area contributed by atoms with Crippen molar-refractivity contribution >= 4 is 16.5 Å². The predicted octanol–water partition coefficient (Wildman–Crippen LogP) is 1.98. The summed E-state index contributed by atoms with van der Waals surface area (Å²) < 4.78 is 0. The summed E-state index contributed by atoms with van der Waals surface area (Å²) in [5.74, 6) is 0. The Kier molecular flexibility index (Phi) is 3.75. The maximum atomic E-state index is 5.49. The minimum Gasteiger partial charge on any atom is -0.375 e. The number of aromatic nitrogens is 3. The van der Waals surface area contributed by atoms with Gasteiger partial charge in [-0.05, 0) is 6.07 Å². The van der Waals surface area contributed by atoms with E-state index in [9.17, 15) is 0 Å². The summed E-state index contributed by atoms with van der Waals surface area (Å²) in [6, 6.07) is 1.87. The molecule has 0 amide bonds. The quantitative estimate of drug-likeness (QED) is 0.725. The number of nitrogen functional groups attached to an aromatic ring is 1. The molecule has 0 atom stereocenters. The molecule has 4 nitrogen and oxygen atoms in total. The highest BCUT2D eigenvalue weighted by molar-refractivity contribution is 7.18. The summed E-state index contributed by atoms with van der Waals surface area (Å²) >= 11 is 1.44. The van der Waals surface area contributed by atoms with Gasteiger partial charge in [0, 0.05) is 11.8 Å². The molecule has 0 aromatic carbocycles. The SMILES string of the molecule is C=C.Nc1ncc(-c2ccnnc2)s1. The highest BCUT2D eigenvalue weighted by Gasteiger charge is 2.00. The van der Waals surface area contributed by atoms with Gasteiger partial charge in [-0.3, -0.25) is 0 Å². The lowest BCUT2D eigenvalue weighted by Crippen LogP contribution is -1.78. The Hall–Kier alpha value is -1.75. The number of anilines is 1. The van der Waals surface area contributed by atoms with Crippen LogP contribution in [0.1, 0.15) is 0 Å². The van der Waals surface area contributed by atoms with Crippen molar-refractivity contribution in [3.8, 4) is 10.4 Å². The average Bonchev–Trinajstić information content (AvgIpc) is 2.69. The van der Waals surface area contributed by atoms with Crippen LogP contribution in [0.15, 0.2) is 37.8 Å². The Bertz CT molecular complexity index is 385. The van der Waals surface area contributed by atoms with Crippen molar-refractivity contribution in [1.82, 2.24) is 15.2 Å². The molecule has 2 aromatic heterocycles. The number of rotatable bonds is 1. The lowest BCUT2D eigenvalue weighted by molar-refractivity contribution is 1.03. The van der Waals surface area contributed by atoms with Crippen LogP contribution in [-0.4, -0.2) is 15.2 Å². The standard InChI is InChI=1S/C7H6N4S.C2H4/c8-7-9-4-6(12-7)5-1-2-10-11-3-5;1-2/h1-4H,(H2,8,9);1-2H2. The smallest absolute Gasteiger partial charge is 0.180 e. The van der Waals surface area contributed by atoms with Crippen molar-refractivity contribution < 1.29 is 0 Å². The summed E-state index contributed by atoms with van der Waals surface area (Å²) in [5, 5.41) is 8.01. The molecule has 14 heavy (non-hydrogen) atoms. The van der Waals surface area contributed by atoms with Crippen LogP contribution in [0.4, 0.5) is 5.13 Å². The van der Waals surface area contributed by atoms with E-state index in [4.69, 9.17) is 5.73 Å². The van der Waals surface area contributed by atoms with Gasteiger partial charge in [-0.2, -0.15) is 10.2 Å². The van der Waals surface area contributed by atoms with Crippen LogP contribution in [0.2, 0.25) is 0 Å². The van der Waals surface area contributed by atoms with Crippen molar-refractivity contribution in [2.45, 2.75) is 0 Å². The number of thiazole rings is 1. The molecule has 0 saturated heterocycles. The second kappa shape index (κ2) is 5.08. The van der Waals surface area contributed by atoms with Crippen molar-refractivity contribution in [3.05, 3.63) is 37.8 Å². The topological polar surface area (TPSA) is 64.7 Å². The summed E-state index contributed by atoms with van der Waals surface area (Å²) in [6.07, 6.45) is 5.06. The first-order valence-electron chi connectivity index (χ1n) is 3.84. The molecular formula is C9H10N4S. The third-order valence-electron chi connectivity index (χ3n) is 1.39. The van der Waals surface area contributed by atoms with Crippen LogP contribution in [0.25, 0.3) is 10.4 Å². The molecule has 72 valence electrons. The summed E-state index contributed by atoms with van der Waals surface area (Å²) in [7, 11) is 0. The lowest BCUT2D eigenvalue weighted by atomic mass is 10.3. The second-order valence-electron chi connectivity index (χ2n) is 2.19. The minimum absolute atomic E-state index is 0.571. The lowest BCUT2D eigenvalue weighted by Gasteiger charge is -1.90. The van der Waals surface area contributed by atoms with Crippen LogP contribution in [0.3, 0.4) is 0 Å². The van der Waals surface area contributed by atoms with Gasteiger partial charge >= 0.3 is 0 Å². The molecule has 0 saturated carbocycles. The van der Waals surface area contributed by atoms with Crippen LogP contribution >= 0.6 is 11.3 Å². The molecule has 2 rings (SSSR count). The Morgan fingerprint density at radius 3 is 2.50 bits per heavy atom. The van der Waals surface area contributed by atoms with Crippen molar-refractivity contribution in [3.63, 3.8) is 0 Å². The van der Waals surface area contributed by atoms with Gasteiger partial charge in [-0.25, -0.2) is 4.98 Å². The molecule has 2 heterocycles. The summed E-state index contributed by atoms with van der Waals surface area (Å²) in [4.78, 5) is 4.96. The predicted molar refractivity (Wildman–Crippen MR) is 58.8 cm³/mol. The van der Waals surface area contributed by atoms with Crippen molar-refractivity contribution in [1.29, 1.82) is 0 Å². The molecule has 0 spiro atoms. The monoisotopic (exact) mass is 206 g/mol. The average molecular weight is 206 g/mol. The molecule has 5 heteroatoms. The zero-order valence-corrected chi connectivity index (χ0v) is 8.37. The maximum Gasteiger partial charge on any atom is 0.180 e. The fraction of sp³-hybridized carbons (Fsp3) is 0. The van der Waals surface area contributed by atoms with Crippen LogP contribution in [0.5, 0.6) is 0 Å². The molecule has 2 aromatic rings. The Labute approximate surface area is 86.1 Å². The van der Waals surface area contributed by atoms with E-state index in [-0.39, 0.29) is 0 Å². The van der Waals surface area contributed by atoms with Gasteiger partial charge < -0.3 is 5.73 Å². The molecule has 0 bridgehead atoms. The fourth-order valence-corrected chi connectivity index (χ4v) is 1.53. The zero-order chi connectivity index (χ0) is 10.4. The number of hydrogen-bond donors (Lipinski definition) is 1. The van der Waals surface area contributed by atoms with E-state index in [2.05, 4.69) is 28.3 Å². The fourth-order valence-electron chi connectivity index (χ4n) is 0.858. The summed E-state index contributed by atoms with van der Waals surface area (Å²) in [6.45, 7) is 6.00. The van der Waals surface area contributed by atoms with Gasteiger partial charge in [0.2, 0.25) is 0 Å². The van der Waals surface area contributed by atoms with Gasteiger partial charge in [0.25, 0.3) is 0 Å². The maximum absolute atomic E-state index is 5.49. The van der Waals surface area contributed by atoms with E-state index < -0.39 is 0 Å². The van der Waals surface area contributed by atoms with Crippen LogP contribution < -0.4 is 5.73 Å².